The van der Waals surface area contributed by atoms with Crippen molar-refractivity contribution in [1.82, 2.24) is 15.2 Å². The molecule has 1 saturated heterocycles. The number of carbonyl (C=O) groups excluding carboxylic acids is 2. The molecule has 2 amide bonds. The molecule has 0 radical (unpaired) electrons. The molecule has 0 spiro atoms. The Morgan fingerprint density at radius 3 is 2.64 bits per heavy atom. The highest BCUT2D eigenvalue weighted by atomic mass is 32.1. The Balaban J connectivity index is 1.40. The van der Waals surface area contributed by atoms with Crippen molar-refractivity contribution in [2.45, 2.75) is 77.3 Å². The van der Waals surface area contributed by atoms with Gasteiger partial charge < -0.3 is 10.2 Å². The first-order valence-electron chi connectivity index (χ1n) is 13.6. The summed E-state index contributed by atoms with van der Waals surface area (Å²) >= 11 is 1.65. The molecule has 0 bridgehead atoms. The summed E-state index contributed by atoms with van der Waals surface area (Å²) in [6.07, 6.45) is 8.19. The second-order valence-corrected chi connectivity index (χ2v) is 11.4. The summed E-state index contributed by atoms with van der Waals surface area (Å²) in [5.41, 5.74) is 2.10. The van der Waals surface area contributed by atoms with Gasteiger partial charge in [-0.05, 0) is 48.8 Å². The number of carbonyl (C=O) groups is 2. The topological polar surface area (TPSA) is 62.3 Å². The minimum Gasteiger partial charge on any atom is -0.344 e. The van der Waals surface area contributed by atoms with Crippen molar-refractivity contribution >= 4 is 33.9 Å². The highest BCUT2D eigenvalue weighted by Gasteiger charge is 2.40. The van der Waals surface area contributed by atoms with E-state index in [0.717, 1.165) is 67.8 Å². The highest BCUT2D eigenvalue weighted by molar-refractivity contribution is 7.10. The Morgan fingerprint density at radius 2 is 1.83 bits per heavy atom. The zero-order chi connectivity index (χ0) is 25.1. The first-order valence-corrected chi connectivity index (χ1v) is 14.5. The van der Waals surface area contributed by atoms with Crippen molar-refractivity contribution in [2.24, 2.45) is 11.8 Å². The predicted octanol–water partition coefficient (Wildman–Crippen LogP) is 6.74. The van der Waals surface area contributed by atoms with Crippen LogP contribution in [0.3, 0.4) is 0 Å². The van der Waals surface area contributed by atoms with E-state index in [0.29, 0.717) is 0 Å². The van der Waals surface area contributed by atoms with Crippen LogP contribution >= 0.6 is 11.3 Å². The van der Waals surface area contributed by atoms with Crippen molar-refractivity contribution in [3.8, 4) is 11.3 Å². The smallest absolute Gasteiger partial charge is 0.246 e. The van der Waals surface area contributed by atoms with E-state index in [4.69, 9.17) is 4.98 Å². The van der Waals surface area contributed by atoms with Crippen LogP contribution in [-0.2, 0) is 9.59 Å². The second kappa shape index (κ2) is 11.1. The van der Waals surface area contributed by atoms with Crippen LogP contribution in [0.2, 0.25) is 0 Å². The molecule has 1 aromatic heterocycles. The largest absolute Gasteiger partial charge is 0.344 e. The fourth-order valence-electron chi connectivity index (χ4n) is 5.81. The molecular weight excluding hydrogens is 466 g/mol. The molecule has 1 N–H and O–H groups in total. The Morgan fingerprint density at radius 1 is 1.06 bits per heavy atom. The molecule has 190 valence electrons. The fraction of sp³-hybridized carbons (Fsp3) is 0.500. The summed E-state index contributed by atoms with van der Waals surface area (Å²) in [5, 5.41) is 8.71. The molecule has 2 heterocycles. The minimum atomic E-state index is -0.426. The van der Waals surface area contributed by atoms with Gasteiger partial charge in [0.25, 0.3) is 0 Å². The van der Waals surface area contributed by atoms with Gasteiger partial charge in [-0.3, -0.25) is 9.59 Å². The maximum Gasteiger partial charge on any atom is 0.246 e. The van der Waals surface area contributed by atoms with E-state index in [-0.39, 0.29) is 29.7 Å². The number of rotatable bonds is 7. The van der Waals surface area contributed by atoms with Crippen LogP contribution in [0.15, 0.2) is 47.8 Å². The zero-order valence-corrected chi connectivity index (χ0v) is 22.2. The SMILES string of the molecule is CC[C@@H](C)C(=O)N[C@@H](C(=O)N1CCC[C@@H]1c1nc(-c2cccc3ccccc23)cs1)C1CCCCC1. The van der Waals surface area contributed by atoms with Gasteiger partial charge in [0.15, 0.2) is 0 Å². The Bertz CT molecular complexity index is 1210. The molecule has 2 aromatic carbocycles. The highest BCUT2D eigenvalue weighted by Crippen LogP contribution is 2.38. The summed E-state index contributed by atoms with van der Waals surface area (Å²) in [6.45, 7) is 4.70. The van der Waals surface area contributed by atoms with Crippen molar-refractivity contribution in [3.05, 3.63) is 52.9 Å². The number of nitrogens with zero attached hydrogens (tertiary/aromatic N) is 2. The monoisotopic (exact) mass is 503 g/mol. The first kappa shape index (κ1) is 24.9. The minimum absolute atomic E-state index is 0.00432. The quantitative estimate of drug-likeness (QED) is 0.388. The third kappa shape index (κ3) is 5.06. The van der Waals surface area contributed by atoms with Gasteiger partial charge in [0.1, 0.15) is 11.0 Å². The normalized spacial score (nSPS) is 20.4. The number of aromatic nitrogens is 1. The van der Waals surface area contributed by atoms with Gasteiger partial charge in [0.05, 0.1) is 11.7 Å². The molecule has 6 heteroatoms. The zero-order valence-electron chi connectivity index (χ0n) is 21.4. The molecule has 2 aliphatic rings. The first-order chi connectivity index (χ1) is 17.6. The van der Waals surface area contributed by atoms with Crippen molar-refractivity contribution in [1.29, 1.82) is 0 Å². The molecule has 0 unspecified atom stereocenters. The summed E-state index contributed by atoms with van der Waals surface area (Å²) in [5.74, 6) is 0.233. The van der Waals surface area contributed by atoms with E-state index < -0.39 is 6.04 Å². The maximum atomic E-state index is 14.0. The van der Waals surface area contributed by atoms with Gasteiger partial charge in [-0.1, -0.05) is 75.6 Å². The molecule has 1 saturated carbocycles. The van der Waals surface area contributed by atoms with Gasteiger partial charge in [-0.15, -0.1) is 11.3 Å². The van der Waals surface area contributed by atoms with Crippen LogP contribution in [0.1, 0.15) is 76.3 Å². The Labute approximate surface area is 218 Å². The molecule has 2 fully saturated rings. The Kier molecular flexibility index (Phi) is 7.70. The number of fused-ring (bicyclic) bond motifs is 1. The van der Waals surface area contributed by atoms with Gasteiger partial charge in [-0.2, -0.15) is 0 Å². The van der Waals surface area contributed by atoms with Crippen LogP contribution in [0.25, 0.3) is 22.0 Å². The lowest BCUT2D eigenvalue weighted by Crippen LogP contribution is -2.53. The van der Waals surface area contributed by atoms with E-state index in [1.165, 1.54) is 17.2 Å². The average Bonchev–Trinajstić information content (AvgIpc) is 3.61. The molecule has 36 heavy (non-hydrogen) atoms. The number of hydrogen-bond donors (Lipinski definition) is 1. The standard InChI is InChI=1S/C30H37N3O2S/c1-3-20(2)28(34)32-27(22-12-5-4-6-13-22)30(35)33-18-10-17-26(33)29-31-25(19-36-29)24-16-9-14-21-11-7-8-15-23(21)24/h7-9,11,14-16,19-20,22,26-27H,3-6,10,12-13,17-18H2,1-2H3,(H,32,34)/t20-,26-,27-/m1/s1. The van der Waals surface area contributed by atoms with Crippen LogP contribution in [-0.4, -0.2) is 34.3 Å². The van der Waals surface area contributed by atoms with Gasteiger partial charge in [0, 0.05) is 23.4 Å². The van der Waals surface area contributed by atoms with Crippen LogP contribution < -0.4 is 5.32 Å². The lowest BCUT2D eigenvalue weighted by atomic mass is 9.83. The third-order valence-electron chi connectivity index (χ3n) is 8.15. The molecular formula is C30H37N3O2S. The summed E-state index contributed by atoms with van der Waals surface area (Å²) in [6, 6.07) is 14.3. The molecule has 3 atom stereocenters. The molecule has 3 aromatic rings. The van der Waals surface area contributed by atoms with E-state index in [2.05, 4.69) is 53.2 Å². The summed E-state index contributed by atoms with van der Waals surface area (Å²) < 4.78 is 0. The second-order valence-electron chi connectivity index (χ2n) is 10.5. The van der Waals surface area contributed by atoms with Gasteiger partial charge in [0.2, 0.25) is 11.8 Å². The van der Waals surface area contributed by atoms with Crippen LogP contribution in [0, 0.1) is 11.8 Å². The van der Waals surface area contributed by atoms with E-state index in [1.807, 2.05) is 18.7 Å². The van der Waals surface area contributed by atoms with E-state index in [9.17, 15) is 9.59 Å². The summed E-state index contributed by atoms with van der Waals surface area (Å²) in [4.78, 5) is 34.0. The third-order valence-corrected chi connectivity index (χ3v) is 9.10. The van der Waals surface area contributed by atoms with E-state index >= 15 is 0 Å². The number of benzene rings is 2. The van der Waals surface area contributed by atoms with E-state index in [1.54, 1.807) is 11.3 Å². The van der Waals surface area contributed by atoms with Crippen molar-refractivity contribution in [2.75, 3.05) is 6.54 Å². The van der Waals surface area contributed by atoms with Crippen molar-refractivity contribution in [3.63, 3.8) is 0 Å². The fourth-order valence-corrected chi connectivity index (χ4v) is 6.77. The number of amides is 2. The average molecular weight is 504 g/mol. The molecule has 5 rings (SSSR count). The predicted molar refractivity (Wildman–Crippen MR) is 147 cm³/mol. The molecule has 1 aliphatic heterocycles. The lowest BCUT2D eigenvalue weighted by Gasteiger charge is -2.35. The number of thiazole rings is 1. The molecule has 5 nitrogen and oxygen atoms in total. The van der Waals surface area contributed by atoms with Gasteiger partial charge >= 0.3 is 0 Å². The van der Waals surface area contributed by atoms with Crippen LogP contribution in [0.4, 0.5) is 0 Å². The number of likely N-dealkylation sites (tertiary alicyclic amines) is 1. The maximum absolute atomic E-state index is 14.0. The van der Waals surface area contributed by atoms with Crippen LogP contribution in [0.5, 0.6) is 0 Å². The summed E-state index contributed by atoms with van der Waals surface area (Å²) in [7, 11) is 0. The molecule has 1 aliphatic carbocycles. The number of nitrogens with one attached hydrogen (secondary N) is 1. The van der Waals surface area contributed by atoms with Gasteiger partial charge in [-0.25, -0.2) is 4.98 Å². The lowest BCUT2D eigenvalue weighted by molar-refractivity contribution is -0.140. The van der Waals surface area contributed by atoms with Crippen molar-refractivity contribution < 1.29 is 9.59 Å². The Hall–Kier alpha value is -2.73. The number of hydrogen-bond acceptors (Lipinski definition) is 4.